The third-order valence-corrected chi connectivity index (χ3v) is 2.53. The Morgan fingerprint density at radius 1 is 0.778 bits per heavy atom. The molecule has 2 aromatic carbocycles. The van der Waals surface area contributed by atoms with E-state index in [0.29, 0.717) is 0 Å². The molecule has 0 heterocycles. The minimum absolute atomic E-state index is 0.910. The van der Waals surface area contributed by atoms with Gasteiger partial charge in [0.25, 0.3) is 0 Å². The molecule has 0 saturated heterocycles. The smallest absolute Gasteiger partial charge is 0.121 e. The fourth-order valence-electron chi connectivity index (χ4n) is 1.58. The summed E-state index contributed by atoms with van der Waals surface area (Å²) in [5, 5.41) is 0. The second kappa shape index (κ2) is 7.38. The van der Waals surface area contributed by atoms with Crippen molar-refractivity contribution < 1.29 is 9.47 Å². The van der Waals surface area contributed by atoms with Crippen LogP contribution in [0.5, 0.6) is 11.5 Å². The van der Waals surface area contributed by atoms with Crippen LogP contribution in [0.3, 0.4) is 0 Å². The SMILES string of the molecule is COc1ccc(C)cc1C.COc1ccccc1. The molecule has 0 aliphatic heterocycles. The first-order valence-electron chi connectivity index (χ1n) is 5.87. The zero-order valence-electron chi connectivity index (χ0n) is 11.4. The Kier molecular flexibility index (Phi) is 5.78. The number of hydrogen-bond acceptors (Lipinski definition) is 2. The van der Waals surface area contributed by atoms with Crippen molar-refractivity contribution in [1.82, 2.24) is 0 Å². The lowest BCUT2D eigenvalue weighted by molar-refractivity contribution is 0.411. The van der Waals surface area contributed by atoms with Gasteiger partial charge >= 0.3 is 0 Å². The molecule has 0 aliphatic rings. The normalized spacial score (nSPS) is 9.11. The molecule has 0 radical (unpaired) electrons. The Morgan fingerprint density at radius 2 is 1.44 bits per heavy atom. The maximum absolute atomic E-state index is 5.10. The fraction of sp³-hybridized carbons (Fsp3) is 0.250. The van der Waals surface area contributed by atoms with Gasteiger partial charge in [0.1, 0.15) is 11.5 Å². The van der Waals surface area contributed by atoms with Gasteiger partial charge in [-0.3, -0.25) is 0 Å². The summed E-state index contributed by atoms with van der Waals surface area (Å²) in [5.41, 5.74) is 2.47. The third-order valence-electron chi connectivity index (χ3n) is 2.53. The molecule has 0 aromatic heterocycles. The average Bonchev–Trinajstić information content (AvgIpc) is 2.40. The lowest BCUT2D eigenvalue weighted by Crippen LogP contribution is -1.86. The average molecular weight is 244 g/mol. The van der Waals surface area contributed by atoms with Crippen molar-refractivity contribution in [2.75, 3.05) is 14.2 Å². The summed E-state index contributed by atoms with van der Waals surface area (Å²) in [6, 6.07) is 15.8. The monoisotopic (exact) mass is 244 g/mol. The summed E-state index contributed by atoms with van der Waals surface area (Å²) in [7, 11) is 3.35. The fourth-order valence-corrected chi connectivity index (χ4v) is 1.58. The van der Waals surface area contributed by atoms with Gasteiger partial charge in [-0.1, -0.05) is 35.9 Å². The molecule has 2 nitrogen and oxygen atoms in total. The van der Waals surface area contributed by atoms with Gasteiger partial charge in [-0.25, -0.2) is 0 Å². The molecule has 0 unspecified atom stereocenters. The number of aryl methyl sites for hydroxylation is 2. The number of ether oxygens (including phenoxy) is 2. The van der Waals surface area contributed by atoms with Crippen molar-refractivity contribution in [2.24, 2.45) is 0 Å². The lowest BCUT2D eigenvalue weighted by Gasteiger charge is -2.03. The van der Waals surface area contributed by atoms with Gasteiger partial charge in [0.05, 0.1) is 14.2 Å². The van der Waals surface area contributed by atoms with E-state index in [-0.39, 0.29) is 0 Å². The Morgan fingerprint density at radius 3 is 1.89 bits per heavy atom. The molecule has 0 atom stereocenters. The van der Waals surface area contributed by atoms with Gasteiger partial charge in [-0.05, 0) is 37.6 Å². The highest BCUT2D eigenvalue weighted by molar-refractivity contribution is 5.35. The zero-order valence-corrected chi connectivity index (χ0v) is 11.4. The molecule has 0 aliphatic carbocycles. The van der Waals surface area contributed by atoms with E-state index in [2.05, 4.69) is 13.0 Å². The molecule has 0 N–H and O–H groups in total. The maximum atomic E-state index is 5.10. The number of rotatable bonds is 2. The second-order valence-electron chi connectivity index (χ2n) is 3.99. The van der Waals surface area contributed by atoms with Crippen LogP contribution < -0.4 is 9.47 Å². The first-order chi connectivity index (χ1) is 8.67. The largest absolute Gasteiger partial charge is 0.497 e. The summed E-state index contributed by atoms with van der Waals surface area (Å²) in [4.78, 5) is 0. The Hall–Kier alpha value is -1.96. The first-order valence-corrected chi connectivity index (χ1v) is 5.87. The molecule has 96 valence electrons. The van der Waals surface area contributed by atoms with E-state index in [1.54, 1.807) is 14.2 Å². The standard InChI is InChI=1S/C9H12O.C7H8O/c1-7-4-5-9(10-3)8(2)6-7;1-8-7-5-3-2-4-6-7/h4-6H,1-3H3;2-6H,1H3. The molecule has 2 rings (SSSR count). The van der Waals surface area contributed by atoms with Crippen LogP contribution in [-0.2, 0) is 0 Å². The highest BCUT2D eigenvalue weighted by atomic mass is 16.5. The number of hydrogen-bond donors (Lipinski definition) is 0. The van der Waals surface area contributed by atoms with Crippen molar-refractivity contribution in [3.05, 3.63) is 59.7 Å². The van der Waals surface area contributed by atoms with Crippen LogP contribution in [0.25, 0.3) is 0 Å². The molecule has 18 heavy (non-hydrogen) atoms. The summed E-state index contributed by atoms with van der Waals surface area (Å²) < 4.78 is 10.0. The van der Waals surface area contributed by atoms with Crippen molar-refractivity contribution in [2.45, 2.75) is 13.8 Å². The Balaban J connectivity index is 0.000000184. The van der Waals surface area contributed by atoms with Crippen molar-refractivity contribution in [3.63, 3.8) is 0 Å². The van der Waals surface area contributed by atoms with Crippen LogP contribution in [0.4, 0.5) is 0 Å². The molecule has 2 aromatic rings. The minimum atomic E-state index is 0.910. The van der Waals surface area contributed by atoms with E-state index in [1.807, 2.05) is 49.4 Å². The molecule has 0 saturated carbocycles. The van der Waals surface area contributed by atoms with Crippen molar-refractivity contribution in [1.29, 1.82) is 0 Å². The van der Waals surface area contributed by atoms with Gasteiger partial charge in [0.15, 0.2) is 0 Å². The van der Waals surface area contributed by atoms with Crippen LogP contribution in [-0.4, -0.2) is 14.2 Å². The molecule has 0 spiro atoms. The third kappa shape index (κ3) is 4.50. The van der Waals surface area contributed by atoms with Gasteiger partial charge < -0.3 is 9.47 Å². The summed E-state index contributed by atoms with van der Waals surface area (Å²) in [6.07, 6.45) is 0. The highest BCUT2D eigenvalue weighted by Crippen LogP contribution is 2.17. The van der Waals surface area contributed by atoms with Gasteiger partial charge in [-0.2, -0.15) is 0 Å². The van der Waals surface area contributed by atoms with Gasteiger partial charge in [-0.15, -0.1) is 0 Å². The molecule has 2 heteroatoms. The summed E-state index contributed by atoms with van der Waals surface area (Å²) in [6.45, 7) is 4.12. The van der Waals surface area contributed by atoms with Crippen LogP contribution in [0.15, 0.2) is 48.5 Å². The summed E-state index contributed by atoms with van der Waals surface area (Å²) >= 11 is 0. The predicted octanol–water partition coefficient (Wildman–Crippen LogP) is 4.01. The van der Waals surface area contributed by atoms with Crippen LogP contribution in [0, 0.1) is 13.8 Å². The van der Waals surface area contributed by atoms with E-state index in [1.165, 1.54) is 11.1 Å². The molecule has 0 bridgehead atoms. The molecular formula is C16H20O2. The van der Waals surface area contributed by atoms with E-state index in [9.17, 15) is 0 Å². The van der Waals surface area contributed by atoms with E-state index >= 15 is 0 Å². The number of benzene rings is 2. The van der Waals surface area contributed by atoms with Crippen LogP contribution in [0.1, 0.15) is 11.1 Å². The highest BCUT2D eigenvalue weighted by Gasteiger charge is 1.94. The zero-order chi connectivity index (χ0) is 13.4. The number of methoxy groups -OCH3 is 2. The van der Waals surface area contributed by atoms with Gasteiger partial charge in [0.2, 0.25) is 0 Å². The minimum Gasteiger partial charge on any atom is -0.497 e. The number of para-hydroxylation sites is 1. The van der Waals surface area contributed by atoms with Crippen molar-refractivity contribution >= 4 is 0 Å². The van der Waals surface area contributed by atoms with Crippen LogP contribution >= 0.6 is 0 Å². The summed E-state index contributed by atoms with van der Waals surface area (Å²) in [5.74, 6) is 1.87. The maximum Gasteiger partial charge on any atom is 0.121 e. The van der Waals surface area contributed by atoms with Crippen molar-refractivity contribution in [3.8, 4) is 11.5 Å². The van der Waals surface area contributed by atoms with E-state index < -0.39 is 0 Å². The van der Waals surface area contributed by atoms with Gasteiger partial charge in [0, 0.05) is 0 Å². The molecule has 0 amide bonds. The molecule has 0 fully saturated rings. The Bertz CT molecular complexity index is 464. The van der Waals surface area contributed by atoms with Crippen LogP contribution in [0.2, 0.25) is 0 Å². The lowest BCUT2D eigenvalue weighted by atomic mass is 10.1. The predicted molar refractivity (Wildman–Crippen MR) is 75.5 cm³/mol. The first kappa shape index (κ1) is 14.1. The second-order valence-corrected chi connectivity index (χ2v) is 3.99. The van der Waals surface area contributed by atoms with E-state index in [0.717, 1.165) is 11.5 Å². The quantitative estimate of drug-likeness (QED) is 0.794. The topological polar surface area (TPSA) is 18.5 Å². The molecular weight excluding hydrogens is 224 g/mol. The Labute approximate surface area is 109 Å². The van der Waals surface area contributed by atoms with E-state index in [4.69, 9.17) is 9.47 Å².